The van der Waals surface area contributed by atoms with Gasteiger partial charge in [-0.15, -0.1) is 10.2 Å². The van der Waals surface area contributed by atoms with Crippen molar-refractivity contribution in [3.05, 3.63) is 66.3 Å². The Balaban J connectivity index is 1.51. The van der Waals surface area contributed by atoms with Crippen LogP contribution in [0.1, 0.15) is 30.5 Å². The maximum atomic E-state index is 5.83. The average molecular weight is 306 g/mol. The molecule has 1 saturated heterocycles. The molecule has 4 rings (SSSR count). The van der Waals surface area contributed by atoms with Crippen LogP contribution in [0.25, 0.3) is 11.5 Å². The first-order valence-corrected chi connectivity index (χ1v) is 7.93. The number of hydrogen-bond acceptors (Lipinski definition) is 5. The van der Waals surface area contributed by atoms with Gasteiger partial charge in [0.1, 0.15) is 0 Å². The van der Waals surface area contributed by atoms with Gasteiger partial charge in [-0.2, -0.15) is 0 Å². The van der Waals surface area contributed by atoms with Crippen molar-refractivity contribution in [2.45, 2.75) is 25.4 Å². The number of benzene rings is 1. The molecule has 1 atom stereocenters. The van der Waals surface area contributed by atoms with E-state index in [-0.39, 0.29) is 0 Å². The Kier molecular flexibility index (Phi) is 3.86. The van der Waals surface area contributed by atoms with Gasteiger partial charge in [-0.05, 0) is 43.7 Å². The maximum Gasteiger partial charge on any atom is 0.247 e. The van der Waals surface area contributed by atoms with E-state index in [1.807, 2.05) is 48.7 Å². The minimum Gasteiger partial charge on any atom is -0.419 e. The normalized spacial score (nSPS) is 18.3. The number of nitrogens with zero attached hydrogens (tertiary/aromatic N) is 4. The zero-order valence-corrected chi connectivity index (χ0v) is 12.8. The van der Waals surface area contributed by atoms with Crippen LogP contribution >= 0.6 is 0 Å². The average Bonchev–Trinajstić information content (AvgIpc) is 3.26. The molecule has 23 heavy (non-hydrogen) atoms. The molecule has 0 amide bonds. The molecule has 0 N–H and O–H groups in total. The molecule has 3 heterocycles. The predicted octanol–water partition coefficient (Wildman–Crippen LogP) is 3.47. The van der Waals surface area contributed by atoms with Crippen molar-refractivity contribution >= 4 is 0 Å². The van der Waals surface area contributed by atoms with E-state index < -0.39 is 0 Å². The quantitative estimate of drug-likeness (QED) is 0.738. The third kappa shape index (κ3) is 3.00. The highest BCUT2D eigenvalue weighted by atomic mass is 16.4. The Bertz CT molecular complexity index is 757. The molecule has 0 saturated carbocycles. The molecule has 1 aromatic carbocycles. The summed E-state index contributed by atoms with van der Waals surface area (Å²) in [5.41, 5.74) is 2.07. The van der Waals surface area contributed by atoms with Crippen LogP contribution in [-0.4, -0.2) is 26.6 Å². The number of aromatic nitrogens is 3. The van der Waals surface area contributed by atoms with Crippen LogP contribution in [0.3, 0.4) is 0 Å². The first-order chi connectivity index (χ1) is 11.4. The Hall–Kier alpha value is -2.53. The zero-order valence-electron chi connectivity index (χ0n) is 12.8. The summed E-state index contributed by atoms with van der Waals surface area (Å²) < 4.78 is 5.83. The van der Waals surface area contributed by atoms with Crippen molar-refractivity contribution < 1.29 is 4.42 Å². The van der Waals surface area contributed by atoms with Gasteiger partial charge < -0.3 is 4.42 Å². The lowest BCUT2D eigenvalue weighted by Gasteiger charge is -2.22. The fraction of sp³-hybridized carbons (Fsp3) is 0.278. The summed E-state index contributed by atoms with van der Waals surface area (Å²) >= 11 is 0. The third-order valence-electron chi connectivity index (χ3n) is 4.22. The Morgan fingerprint density at radius 1 is 1.04 bits per heavy atom. The van der Waals surface area contributed by atoms with Crippen LogP contribution in [0.5, 0.6) is 0 Å². The second-order valence-electron chi connectivity index (χ2n) is 5.75. The van der Waals surface area contributed by atoms with Gasteiger partial charge in [-0.3, -0.25) is 9.88 Å². The number of pyridine rings is 1. The topological polar surface area (TPSA) is 55.1 Å². The van der Waals surface area contributed by atoms with Crippen LogP contribution in [0.15, 0.2) is 59.1 Å². The van der Waals surface area contributed by atoms with Gasteiger partial charge >= 0.3 is 0 Å². The van der Waals surface area contributed by atoms with Crippen molar-refractivity contribution in [2.75, 3.05) is 6.54 Å². The number of likely N-dealkylation sites (tertiary alicyclic amines) is 1. The van der Waals surface area contributed by atoms with E-state index in [1.165, 1.54) is 6.42 Å². The highest BCUT2D eigenvalue weighted by Crippen LogP contribution is 2.32. The summed E-state index contributed by atoms with van der Waals surface area (Å²) in [6.07, 6.45) is 4.14. The summed E-state index contributed by atoms with van der Waals surface area (Å²) in [5, 5.41) is 8.37. The molecule has 1 aliphatic rings. The fourth-order valence-electron chi connectivity index (χ4n) is 3.11. The van der Waals surface area contributed by atoms with Crippen molar-refractivity contribution in [1.29, 1.82) is 0 Å². The van der Waals surface area contributed by atoms with Gasteiger partial charge in [-0.1, -0.05) is 24.3 Å². The molecule has 1 fully saturated rings. The standard InChI is InChI=1S/C18H18N4O/c1-2-7-14(8-3-1)18-21-20-17(23-18)13-22-12-6-10-16(22)15-9-4-5-11-19-15/h1-5,7-9,11,16H,6,10,12-13H2/t16-/m0/s1. The molecule has 0 unspecified atom stereocenters. The zero-order chi connectivity index (χ0) is 15.5. The monoisotopic (exact) mass is 306 g/mol. The molecular formula is C18H18N4O. The van der Waals surface area contributed by atoms with Gasteiger partial charge in [0, 0.05) is 11.8 Å². The molecule has 116 valence electrons. The van der Waals surface area contributed by atoms with Gasteiger partial charge in [0.05, 0.1) is 18.3 Å². The Morgan fingerprint density at radius 3 is 2.74 bits per heavy atom. The fourth-order valence-corrected chi connectivity index (χ4v) is 3.11. The van der Waals surface area contributed by atoms with E-state index in [0.717, 1.165) is 24.2 Å². The van der Waals surface area contributed by atoms with E-state index in [2.05, 4.69) is 26.1 Å². The molecular weight excluding hydrogens is 288 g/mol. The molecule has 0 spiro atoms. The molecule has 1 aliphatic heterocycles. The van der Waals surface area contributed by atoms with E-state index in [4.69, 9.17) is 4.42 Å². The van der Waals surface area contributed by atoms with Gasteiger partial charge in [-0.25, -0.2) is 0 Å². The van der Waals surface area contributed by atoms with Crippen LogP contribution in [0.4, 0.5) is 0 Å². The lowest BCUT2D eigenvalue weighted by Crippen LogP contribution is -2.23. The Labute approximate surface area is 135 Å². The lowest BCUT2D eigenvalue weighted by atomic mass is 10.1. The molecule has 5 heteroatoms. The van der Waals surface area contributed by atoms with Gasteiger partial charge in [0.2, 0.25) is 11.8 Å². The minimum atomic E-state index is 0.336. The molecule has 5 nitrogen and oxygen atoms in total. The smallest absolute Gasteiger partial charge is 0.247 e. The Morgan fingerprint density at radius 2 is 1.91 bits per heavy atom. The predicted molar refractivity (Wildman–Crippen MR) is 86.4 cm³/mol. The van der Waals surface area contributed by atoms with Crippen molar-refractivity contribution in [2.24, 2.45) is 0 Å². The van der Waals surface area contributed by atoms with Crippen LogP contribution in [0, 0.1) is 0 Å². The maximum absolute atomic E-state index is 5.83. The second kappa shape index (κ2) is 6.30. The van der Waals surface area contributed by atoms with Crippen LogP contribution in [0.2, 0.25) is 0 Å². The van der Waals surface area contributed by atoms with E-state index in [0.29, 0.717) is 24.4 Å². The number of hydrogen-bond donors (Lipinski definition) is 0. The molecule has 3 aromatic rings. The van der Waals surface area contributed by atoms with E-state index in [9.17, 15) is 0 Å². The van der Waals surface area contributed by atoms with Crippen molar-refractivity contribution in [1.82, 2.24) is 20.1 Å². The summed E-state index contributed by atoms with van der Waals surface area (Å²) in [5.74, 6) is 1.24. The van der Waals surface area contributed by atoms with Gasteiger partial charge in [0.25, 0.3) is 0 Å². The minimum absolute atomic E-state index is 0.336. The van der Waals surface area contributed by atoms with E-state index in [1.54, 1.807) is 0 Å². The van der Waals surface area contributed by atoms with Crippen molar-refractivity contribution in [3.8, 4) is 11.5 Å². The largest absolute Gasteiger partial charge is 0.419 e. The molecule has 0 radical (unpaired) electrons. The summed E-state index contributed by atoms with van der Waals surface area (Å²) in [6.45, 7) is 1.70. The van der Waals surface area contributed by atoms with Crippen molar-refractivity contribution in [3.63, 3.8) is 0 Å². The van der Waals surface area contributed by atoms with Gasteiger partial charge in [0.15, 0.2) is 0 Å². The van der Waals surface area contributed by atoms with Crippen LogP contribution < -0.4 is 0 Å². The summed E-state index contributed by atoms with van der Waals surface area (Å²) in [4.78, 5) is 6.86. The highest BCUT2D eigenvalue weighted by Gasteiger charge is 2.28. The highest BCUT2D eigenvalue weighted by molar-refractivity contribution is 5.51. The number of rotatable bonds is 4. The second-order valence-corrected chi connectivity index (χ2v) is 5.75. The lowest BCUT2D eigenvalue weighted by molar-refractivity contribution is 0.221. The molecule has 2 aromatic heterocycles. The summed E-state index contributed by atoms with van der Waals surface area (Å²) in [7, 11) is 0. The SMILES string of the molecule is c1ccc(-c2nnc(CN3CCC[C@H]3c3ccccn3)o2)cc1. The third-order valence-corrected chi connectivity index (χ3v) is 4.22. The molecule has 0 bridgehead atoms. The summed E-state index contributed by atoms with van der Waals surface area (Å²) in [6, 6.07) is 16.3. The molecule has 0 aliphatic carbocycles. The first kappa shape index (κ1) is 14.1. The first-order valence-electron chi connectivity index (χ1n) is 7.93. The van der Waals surface area contributed by atoms with Crippen LogP contribution in [-0.2, 0) is 6.54 Å². The van der Waals surface area contributed by atoms with E-state index >= 15 is 0 Å².